The lowest BCUT2D eigenvalue weighted by atomic mass is 10.1. The van der Waals surface area contributed by atoms with E-state index in [9.17, 15) is 18.0 Å². The number of hydrogen-bond acceptors (Lipinski definition) is 2. The summed E-state index contributed by atoms with van der Waals surface area (Å²) in [5.41, 5.74) is 0.187. The highest BCUT2D eigenvalue weighted by Crippen LogP contribution is 2.29. The smallest absolute Gasteiger partial charge is 0.416 e. The van der Waals surface area contributed by atoms with Gasteiger partial charge in [0.2, 0.25) is 0 Å². The molecule has 0 radical (unpaired) electrons. The largest absolute Gasteiger partial charge is 0.423 e. The minimum Gasteiger partial charge on any atom is -0.423 e. The molecule has 0 aromatic heterocycles. The van der Waals surface area contributed by atoms with Crippen LogP contribution >= 0.6 is 0 Å². The lowest BCUT2D eigenvalue weighted by Gasteiger charge is -2.08. The Morgan fingerprint density at radius 1 is 1.05 bits per heavy atom. The molecule has 0 N–H and O–H groups in total. The Morgan fingerprint density at radius 2 is 1.70 bits per heavy atom. The van der Waals surface area contributed by atoms with Crippen molar-refractivity contribution in [2.24, 2.45) is 0 Å². The number of benzene rings is 2. The second kappa shape index (κ2) is 5.36. The van der Waals surface area contributed by atoms with Crippen LogP contribution in [0.2, 0.25) is 0 Å². The Balaban J connectivity index is 2.14. The fourth-order valence-electron chi connectivity index (χ4n) is 1.64. The predicted molar refractivity (Wildman–Crippen MR) is 67.6 cm³/mol. The molecule has 0 aliphatic rings. The fraction of sp³-hybridized carbons (Fsp3) is 0.133. The van der Waals surface area contributed by atoms with Gasteiger partial charge >= 0.3 is 12.1 Å². The topological polar surface area (TPSA) is 26.3 Å². The van der Waals surface area contributed by atoms with Crippen LogP contribution in [0.25, 0.3) is 0 Å². The number of carbonyl (C=O) groups excluding carboxylic acids is 1. The molecule has 0 spiro atoms. The van der Waals surface area contributed by atoms with E-state index >= 15 is 0 Å². The number of rotatable bonds is 2. The Kier molecular flexibility index (Phi) is 3.79. The molecule has 20 heavy (non-hydrogen) atoms. The van der Waals surface area contributed by atoms with Crippen LogP contribution in [0.5, 0.6) is 5.75 Å². The number of alkyl halides is 3. The van der Waals surface area contributed by atoms with E-state index in [2.05, 4.69) is 0 Å². The van der Waals surface area contributed by atoms with Crippen molar-refractivity contribution >= 4 is 5.97 Å². The lowest BCUT2D eigenvalue weighted by molar-refractivity contribution is -0.137. The molecule has 2 rings (SSSR count). The normalized spacial score (nSPS) is 11.2. The molecule has 0 heterocycles. The maximum atomic E-state index is 12.4. The summed E-state index contributed by atoms with van der Waals surface area (Å²) in [4.78, 5) is 11.8. The molecule has 0 saturated heterocycles. The molecule has 2 nitrogen and oxygen atoms in total. The van der Waals surface area contributed by atoms with E-state index in [-0.39, 0.29) is 5.56 Å². The van der Waals surface area contributed by atoms with Crippen molar-refractivity contribution in [1.29, 1.82) is 0 Å². The van der Waals surface area contributed by atoms with Gasteiger partial charge in [-0.2, -0.15) is 13.2 Å². The zero-order valence-corrected chi connectivity index (χ0v) is 10.6. The number of ether oxygens (including phenoxy) is 1. The van der Waals surface area contributed by atoms with Gasteiger partial charge in [-0.3, -0.25) is 0 Å². The number of hydrogen-bond donors (Lipinski definition) is 0. The Hall–Kier alpha value is -2.30. The molecule has 0 saturated carbocycles. The molecular weight excluding hydrogens is 269 g/mol. The van der Waals surface area contributed by atoms with Crippen LogP contribution in [0.4, 0.5) is 13.2 Å². The summed E-state index contributed by atoms with van der Waals surface area (Å²) >= 11 is 0. The summed E-state index contributed by atoms with van der Waals surface area (Å²) in [5, 5.41) is 0. The Morgan fingerprint density at radius 3 is 2.25 bits per heavy atom. The third kappa shape index (κ3) is 3.38. The molecular formula is C15H11F3O2. The van der Waals surface area contributed by atoms with Crippen LogP contribution in [-0.4, -0.2) is 5.97 Å². The van der Waals surface area contributed by atoms with Crippen molar-refractivity contribution in [2.75, 3.05) is 0 Å². The van der Waals surface area contributed by atoms with E-state index in [1.165, 1.54) is 0 Å². The molecule has 5 heteroatoms. The first-order valence-electron chi connectivity index (χ1n) is 5.82. The first-order valence-corrected chi connectivity index (χ1v) is 5.82. The standard InChI is InChI=1S/C15H11F3O2/c1-10-3-2-4-13(9-10)20-14(19)11-5-7-12(8-6-11)15(16,17)18/h2-9H,1H3. The molecule has 0 unspecified atom stereocenters. The summed E-state index contributed by atoms with van der Waals surface area (Å²) in [7, 11) is 0. The van der Waals surface area contributed by atoms with Crippen molar-refractivity contribution in [3.05, 3.63) is 65.2 Å². The van der Waals surface area contributed by atoms with E-state index in [0.29, 0.717) is 5.75 Å². The van der Waals surface area contributed by atoms with Gasteiger partial charge in [0, 0.05) is 0 Å². The highest BCUT2D eigenvalue weighted by atomic mass is 19.4. The Bertz CT molecular complexity index is 616. The van der Waals surface area contributed by atoms with E-state index in [1.54, 1.807) is 18.2 Å². The first kappa shape index (κ1) is 14.1. The molecule has 0 atom stereocenters. The number of esters is 1. The number of carbonyl (C=O) groups is 1. The van der Waals surface area contributed by atoms with Gasteiger partial charge in [0.05, 0.1) is 11.1 Å². The summed E-state index contributed by atoms with van der Waals surface area (Å²) in [6, 6.07) is 10.7. The third-order valence-corrected chi connectivity index (χ3v) is 2.65. The Labute approximate surface area is 113 Å². The van der Waals surface area contributed by atoms with Crippen molar-refractivity contribution in [3.63, 3.8) is 0 Å². The molecule has 0 aliphatic heterocycles. The van der Waals surface area contributed by atoms with Crippen LogP contribution in [0, 0.1) is 6.92 Å². The summed E-state index contributed by atoms with van der Waals surface area (Å²) in [6.07, 6.45) is -4.42. The fourth-order valence-corrected chi connectivity index (χ4v) is 1.64. The van der Waals surface area contributed by atoms with Gasteiger partial charge in [-0.15, -0.1) is 0 Å². The van der Waals surface area contributed by atoms with Crippen LogP contribution < -0.4 is 4.74 Å². The van der Waals surface area contributed by atoms with Crippen molar-refractivity contribution < 1.29 is 22.7 Å². The summed E-state index contributed by atoms with van der Waals surface area (Å²) in [6.45, 7) is 1.84. The van der Waals surface area contributed by atoms with Gasteiger partial charge < -0.3 is 4.74 Å². The second-order valence-corrected chi connectivity index (χ2v) is 4.28. The predicted octanol–water partition coefficient (Wildman–Crippen LogP) is 4.23. The third-order valence-electron chi connectivity index (χ3n) is 2.65. The van der Waals surface area contributed by atoms with Crippen molar-refractivity contribution in [1.82, 2.24) is 0 Å². The van der Waals surface area contributed by atoms with Gasteiger partial charge in [-0.05, 0) is 48.9 Å². The molecule has 0 bridgehead atoms. The molecule has 0 aliphatic carbocycles. The monoisotopic (exact) mass is 280 g/mol. The van der Waals surface area contributed by atoms with E-state index in [4.69, 9.17) is 4.74 Å². The average Bonchev–Trinajstić information content (AvgIpc) is 2.38. The molecule has 2 aromatic carbocycles. The van der Waals surface area contributed by atoms with Crippen LogP contribution in [-0.2, 0) is 6.18 Å². The number of aryl methyl sites for hydroxylation is 1. The zero-order chi connectivity index (χ0) is 14.8. The van der Waals surface area contributed by atoms with E-state index in [0.717, 1.165) is 29.8 Å². The summed E-state index contributed by atoms with van der Waals surface area (Å²) in [5.74, 6) is -0.334. The second-order valence-electron chi connectivity index (χ2n) is 4.28. The van der Waals surface area contributed by atoms with Crippen LogP contribution in [0.15, 0.2) is 48.5 Å². The minimum atomic E-state index is -4.42. The van der Waals surface area contributed by atoms with Gasteiger partial charge in [-0.25, -0.2) is 4.79 Å². The lowest BCUT2D eigenvalue weighted by Crippen LogP contribution is -2.10. The highest BCUT2D eigenvalue weighted by molar-refractivity contribution is 5.91. The maximum Gasteiger partial charge on any atom is 0.416 e. The van der Waals surface area contributed by atoms with Crippen LogP contribution in [0.1, 0.15) is 21.5 Å². The maximum absolute atomic E-state index is 12.4. The van der Waals surface area contributed by atoms with Gasteiger partial charge in [0.25, 0.3) is 0 Å². The SMILES string of the molecule is Cc1cccc(OC(=O)c2ccc(C(F)(F)F)cc2)c1. The van der Waals surface area contributed by atoms with Gasteiger partial charge in [-0.1, -0.05) is 12.1 Å². The molecule has 0 fully saturated rings. The van der Waals surface area contributed by atoms with E-state index in [1.807, 2.05) is 13.0 Å². The molecule has 0 amide bonds. The van der Waals surface area contributed by atoms with Gasteiger partial charge in [0.15, 0.2) is 0 Å². The van der Waals surface area contributed by atoms with E-state index < -0.39 is 17.7 Å². The average molecular weight is 280 g/mol. The summed E-state index contributed by atoms with van der Waals surface area (Å²) < 4.78 is 42.3. The number of halogens is 3. The van der Waals surface area contributed by atoms with Crippen molar-refractivity contribution in [2.45, 2.75) is 13.1 Å². The highest BCUT2D eigenvalue weighted by Gasteiger charge is 2.30. The quantitative estimate of drug-likeness (QED) is 0.607. The molecule has 104 valence electrons. The molecule has 2 aromatic rings. The van der Waals surface area contributed by atoms with Gasteiger partial charge in [0.1, 0.15) is 5.75 Å². The minimum absolute atomic E-state index is 0.0690. The van der Waals surface area contributed by atoms with Crippen molar-refractivity contribution in [3.8, 4) is 5.75 Å². The zero-order valence-electron chi connectivity index (χ0n) is 10.6. The van der Waals surface area contributed by atoms with Crippen LogP contribution in [0.3, 0.4) is 0 Å². The first-order chi connectivity index (χ1) is 9.36.